The molecule has 1 aromatic heterocycles. The van der Waals surface area contributed by atoms with Crippen molar-refractivity contribution < 1.29 is 44.2 Å². The molecular formula is C48H30O. The molecule has 1 heterocycles. The van der Waals surface area contributed by atoms with Crippen molar-refractivity contribution in [2.24, 2.45) is 0 Å². The van der Waals surface area contributed by atoms with E-state index in [4.69, 9.17) is 30.5 Å². The maximum Gasteiger partial charge on any atom is 0.136 e. The van der Waals surface area contributed by atoms with E-state index in [2.05, 4.69) is 0 Å². The highest BCUT2D eigenvalue weighted by molar-refractivity contribution is 6.26. The molecule has 0 N–H and O–H groups in total. The highest BCUT2D eigenvalue weighted by Gasteiger charge is 2.20. The molecule has 228 valence electrons. The first-order valence-corrected chi connectivity index (χ1v) is 14.5. The monoisotopic (exact) mass is 651 g/mol. The number of benzene rings is 9. The Bertz CT molecular complexity index is 4450. The fourth-order valence-electron chi connectivity index (χ4n) is 5.80. The average molecular weight is 652 g/mol. The zero-order valence-electron chi connectivity index (χ0n) is 53.5. The molecule has 1 heteroatoms. The highest BCUT2D eigenvalue weighted by Crippen LogP contribution is 2.47. The second-order valence-electron chi connectivity index (χ2n) is 10.6. The van der Waals surface area contributed by atoms with Crippen LogP contribution in [0.25, 0.3) is 98.8 Å². The number of hydrogen-bond acceptors (Lipinski definition) is 1. The Morgan fingerprint density at radius 2 is 0.878 bits per heavy atom. The van der Waals surface area contributed by atoms with Gasteiger partial charge in [-0.25, -0.2) is 0 Å². The van der Waals surface area contributed by atoms with E-state index in [-0.39, 0.29) is 0 Å². The summed E-state index contributed by atoms with van der Waals surface area (Å²) in [6, 6.07) is -25.2. The standard InChI is InChI=1S/C48H30O/c1-2-11-31(12-3-1)32-21-23-33(24-22-32)34-25-27-35(28-26-34)46-38-15-6-8-17-40(38)47(41-18-9-7-16-39(41)46)42-19-10-20-44-48(42)43-29-36-13-4-5-14-37(36)30-45(43)49-44/h1-30H/i1D,2D,3D,4D,5D,6D,7D,8D,9D,10D,11D,12D,13D,14D,15D,17D,18D,19D,20D,21D,22D,23D,24D,25D,26D,27D,28D,29D,30D. The van der Waals surface area contributed by atoms with Crippen LogP contribution in [0.4, 0.5) is 0 Å². The molecule has 0 amide bonds. The van der Waals surface area contributed by atoms with Crippen molar-refractivity contribution in [3.63, 3.8) is 0 Å². The van der Waals surface area contributed by atoms with Crippen molar-refractivity contribution in [3.05, 3.63) is 181 Å². The Kier molecular flexibility index (Phi) is 2.56. The van der Waals surface area contributed by atoms with Gasteiger partial charge < -0.3 is 4.42 Å². The van der Waals surface area contributed by atoms with Crippen LogP contribution in [0.1, 0.15) is 39.8 Å². The largest absolute Gasteiger partial charge is 0.456 e. The van der Waals surface area contributed by atoms with Crippen LogP contribution in [0.15, 0.2) is 186 Å². The Labute approximate surface area is 325 Å². The van der Waals surface area contributed by atoms with E-state index in [0.717, 1.165) is 6.07 Å². The Balaban J connectivity index is 1.41. The Hall–Kier alpha value is -6.44. The fourth-order valence-corrected chi connectivity index (χ4v) is 5.80. The van der Waals surface area contributed by atoms with E-state index in [0.29, 0.717) is 0 Å². The lowest BCUT2D eigenvalue weighted by Crippen LogP contribution is -1.91. The summed E-state index contributed by atoms with van der Waals surface area (Å²) < 4.78 is 265. The van der Waals surface area contributed by atoms with E-state index in [1.54, 1.807) is 0 Å². The molecule has 0 radical (unpaired) electrons. The minimum Gasteiger partial charge on any atom is -0.456 e. The van der Waals surface area contributed by atoms with Crippen molar-refractivity contribution >= 4 is 54.3 Å². The zero-order chi connectivity index (χ0) is 57.5. The van der Waals surface area contributed by atoms with Gasteiger partial charge in [0.05, 0.1) is 39.8 Å². The quantitative estimate of drug-likeness (QED) is 0.173. The summed E-state index contributed by atoms with van der Waals surface area (Å²) >= 11 is 0. The maximum absolute atomic E-state index is 9.56. The van der Waals surface area contributed by atoms with E-state index in [1.807, 2.05) is 0 Å². The van der Waals surface area contributed by atoms with Gasteiger partial charge >= 0.3 is 0 Å². The van der Waals surface area contributed by atoms with Crippen molar-refractivity contribution in [2.45, 2.75) is 0 Å². The number of hydrogen-bond donors (Lipinski definition) is 0. The summed E-state index contributed by atoms with van der Waals surface area (Å²) in [4.78, 5) is 0. The molecule has 10 aromatic rings. The molecule has 0 saturated heterocycles. The lowest BCUT2D eigenvalue weighted by atomic mass is 9.84. The lowest BCUT2D eigenvalue weighted by molar-refractivity contribution is 0.669. The van der Waals surface area contributed by atoms with E-state index >= 15 is 0 Å². The lowest BCUT2D eigenvalue weighted by Gasteiger charge is -2.18. The second-order valence-corrected chi connectivity index (χ2v) is 10.6. The molecule has 0 unspecified atom stereocenters. The van der Waals surface area contributed by atoms with Crippen molar-refractivity contribution in [1.29, 1.82) is 0 Å². The zero-order valence-corrected chi connectivity index (χ0v) is 24.5. The Morgan fingerprint density at radius 3 is 1.57 bits per heavy atom. The van der Waals surface area contributed by atoms with E-state index < -0.39 is 274 Å². The van der Waals surface area contributed by atoms with Crippen LogP contribution in [0, 0.1) is 0 Å². The second kappa shape index (κ2) is 11.1. The minimum atomic E-state index is -1.08. The molecule has 9 aromatic carbocycles. The third-order valence-electron chi connectivity index (χ3n) is 7.90. The topological polar surface area (TPSA) is 13.1 Å². The SMILES string of the molecule is [2H]c1cc2c(-c3c([2H])c([2H])c(-c4c([2H])c([2H])c(-c5c([2H])c([2H])c([2H])c([2H])c5[2H])c([2H])c4[2H])c([2H])c3[2H])c3c([2H])c([2H])c([2H])c([2H])c3c(-c3c([2H])c([2H])c([2H])c4oc5c([2H])c6c([2H])c([2H])c([2H])c([2H])c6c([2H])c5c34)c2c([2H])c1[2H]. The molecule has 0 aliphatic carbocycles. The van der Waals surface area contributed by atoms with E-state index in [1.165, 1.54) is 0 Å². The van der Waals surface area contributed by atoms with Gasteiger partial charge in [-0.3, -0.25) is 0 Å². The summed E-state index contributed by atoms with van der Waals surface area (Å²) in [5.74, 6) is 0. The highest BCUT2D eigenvalue weighted by atomic mass is 16.3. The maximum atomic E-state index is 9.56. The molecule has 0 spiro atoms. The summed E-state index contributed by atoms with van der Waals surface area (Å²) in [7, 11) is 0. The average Bonchev–Trinajstić information content (AvgIpc) is 4.01. The van der Waals surface area contributed by atoms with Crippen LogP contribution >= 0.6 is 0 Å². The molecule has 0 fully saturated rings. The summed E-state index contributed by atoms with van der Waals surface area (Å²) in [5.41, 5.74) is -7.00. The van der Waals surface area contributed by atoms with Gasteiger partial charge in [0.25, 0.3) is 0 Å². The third kappa shape index (κ3) is 4.47. The third-order valence-corrected chi connectivity index (χ3v) is 7.90. The molecule has 10 rings (SSSR count). The van der Waals surface area contributed by atoms with Crippen LogP contribution in [-0.4, -0.2) is 0 Å². The van der Waals surface area contributed by atoms with Gasteiger partial charge in [0, 0.05) is 10.8 Å². The summed E-state index contributed by atoms with van der Waals surface area (Å²) in [5, 5.41) is -4.38. The summed E-state index contributed by atoms with van der Waals surface area (Å²) in [6.45, 7) is 0. The van der Waals surface area contributed by atoms with Crippen molar-refractivity contribution in [2.75, 3.05) is 0 Å². The fraction of sp³-hybridized carbons (Fsp3) is 0. The minimum absolute atomic E-state index is 0.470. The molecule has 49 heavy (non-hydrogen) atoms. The van der Waals surface area contributed by atoms with Crippen LogP contribution < -0.4 is 0 Å². The predicted molar refractivity (Wildman–Crippen MR) is 208 cm³/mol. The first-order valence-electron chi connectivity index (χ1n) is 29.0. The van der Waals surface area contributed by atoms with Gasteiger partial charge in [0.15, 0.2) is 0 Å². The first-order chi connectivity index (χ1) is 36.4. The van der Waals surface area contributed by atoms with Crippen LogP contribution in [-0.2, 0) is 0 Å². The van der Waals surface area contributed by atoms with Gasteiger partial charge in [-0.05, 0) is 95.0 Å². The number of rotatable bonds is 4. The van der Waals surface area contributed by atoms with E-state index in [9.17, 15) is 13.7 Å². The van der Waals surface area contributed by atoms with Gasteiger partial charge in [-0.1, -0.05) is 163 Å². The normalized spacial score (nSPS) is 20.0. The Morgan fingerprint density at radius 1 is 0.347 bits per heavy atom. The van der Waals surface area contributed by atoms with Crippen molar-refractivity contribution in [3.8, 4) is 44.5 Å². The van der Waals surface area contributed by atoms with Gasteiger partial charge in [0.1, 0.15) is 11.2 Å². The molecule has 0 atom stereocenters. The van der Waals surface area contributed by atoms with Crippen LogP contribution in [0.3, 0.4) is 0 Å². The smallest absolute Gasteiger partial charge is 0.136 e. The molecule has 0 aliphatic heterocycles. The van der Waals surface area contributed by atoms with Gasteiger partial charge in [-0.15, -0.1) is 0 Å². The molecule has 0 bridgehead atoms. The number of fused-ring (bicyclic) bond motifs is 6. The van der Waals surface area contributed by atoms with Gasteiger partial charge in [0.2, 0.25) is 0 Å². The first kappa shape index (κ1) is 11.3. The van der Waals surface area contributed by atoms with Gasteiger partial charge in [-0.2, -0.15) is 0 Å². The predicted octanol–water partition coefficient (Wildman–Crippen LogP) is 13.7. The van der Waals surface area contributed by atoms with Crippen LogP contribution in [0.2, 0.25) is 0 Å². The van der Waals surface area contributed by atoms with Crippen molar-refractivity contribution in [1.82, 2.24) is 0 Å². The molecule has 0 saturated carbocycles. The summed E-state index contributed by atoms with van der Waals surface area (Å²) in [6.07, 6.45) is 0. The number of furan rings is 1. The molecular weight excluding hydrogens is 593 g/mol. The molecule has 1 nitrogen and oxygen atoms in total. The molecule has 0 aliphatic rings. The van der Waals surface area contributed by atoms with Crippen LogP contribution in [0.5, 0.6) is 0 Å².